The van der Waals surface area contributed by atoms with Crippen molar-refractivity contribution >= 4 is 14.2 Å². The lowest BCUT2D eigenvalue weighted by Crippen LogP contribution is -2.45. The molecular formula is C9H13F6N2O5P. The van der Waals surface area contributed by atoms with E-state index in [0.717, 1.165) is 5.06 Å². The third-order valence-electron chi connectivity index (χ3n) is 2.41. The molecule has 1 amide bonds. The van der Waals surface area contributed by atoms with Crippen LogP contribution in [0.3, 0.4) is 0 Å². The number of alkyl halides is 6. The zero-order chi connectivity index (χ0) is 17.7. The van der Waals surface area contributed by atoms with Gasteiger partial charge in [0.25, 0.3) is 0 Å². The Morgan fingerprint density at radius 1 is 0.913 bits per heavy atom. The van der Waals surface area contributed by atoms with E-state index in [-0.39, 0.29) is 26.2 Å². The van der Waals surface area contributed by atoms with Gasteiger partial charge in [-0.15, -0.1) is 0 Å². The lowest BCUT2D eigenvalue weighted by molar-refractivity contribution is -0.185. The number of hydrogen-bond donors (Lipinski definition) is 0. The topological polar surface area (TPSA) is 68.3 Å². The molecule has 1 aliphatic rings. The van der Waals surface area contributed by atoms with E-state index in [1.807, 2.05) is 0 Å². The molecule has 0 spiro atoms. The molecule has 1 heterocycles. The van der Waals surface area contributed by atoms with Crippen molar-refractivity contribution < 1.29 is 49.4 Å². The molecule has 0 unspecified atom stereocenters. The fraction of sp³-hybridized carbons (Fsp3) is 0.889. The standard InChI is InChI=1S/C9H13F6N2O5P/c10-8(11,12)5-20-23(19,21-6-9(13,14)15)22-17-3-1-16(7-18)2-4-17/h7H,1-6H2. The Kier molecular flexibility index (Phi) is 6.83. The van der Waals surface area contributed by atoms with E-state index < -0.39 is 33.4 Å². The summed E-state index contributed by atoms with van der Waals surface area (Å²) in [6, 6.07) is 0. The van der Waals surface area contributed by atoms with E-state index in [1.165, 1.54) is 4.90 Å². The smallest absolute Gasteiger partial charge is 0.343 e. The van der Waals surface area contributed by atoms with Crippen LogP contribution in [0.15, 0.2) is 0 Å². The predicted molar refractivity (Wildman–Crippen MR) is 61.9 cm³/mol. The Morgan fingerprint density at radius 3 is 1.70 bits per heavy atom. The molecule has 0 saturated carbocycles. The van der Waals surface area contributed by atoms with Crippen molar-refractivity contribution in [3.63, 3.8) is 0 Å². The maximum Gasteiger partial charge on any atom is 0.492 e. The van der Waals surface area contributed by atoms with Gasteiger partial charge in [-0.1, -0.05) is 0 Å². The van der Waals surface area contributed by atoms with Crippen LogP contribution in [0, 0.1) is 0 Å². The van der Waals surface area contributed by atoms with Crippen LogP contribution >= 0.6 is 7.82 Å². The van der Waals surface area contributed by atoms with Crippen molar-refractivity contribution in [3.8, 4) is 0 Å². The quantitative estimate of drug-likeness (QED) is 0.386. The van der Waals surface area contributed by atoms with Gasteiger partial charge >= 0.3 is 20.2 Å². The summed E-state index contributed by atoms with van der Waals surface area (Å²) in [5, 5.41) is 0.827. The third-order valence-corrected chi connectivity index (χ3v) is 3.73. The Hall–Kier alpha value is -0.880. The second kappa shape index (κ2) is 7.79. The molecule has 0 atom stereocenters. The van der Waals surface area contributed by atoms with E-state index in [0.29, 0.717) is 6.41 Å². The fourth-order valence-electron chi connectivity index (χ4n) is 1.42. The highest BCUT2D eigenvalue weighted by atomic mass is 31.2. The molecule has 0 aromatic heterocycles. The van der Waals surface area contributed by atoms with Crippen molar-refractivity contribution in [3.05, 3.63) is 0 Å². The summed E-state index contributed by atoms with van der Waals surface area (Å²) in [5.41, 5.74) is 0. The molecule has 0 radical (unpaired) electrons. The van der Waals surface area contributed by atoms with Crippen molar-refractivity contribution in [1.82, 2.24) is 9.96 Å². The number of phosphoric acid groups is 1. The van der Waals surface area contributed by atoms with Gasteiger partial charge < -0.3 is 4.90 Å². The van der Waals surface area contributed by atoms with Crippen molar-refractivity contribution in [1.29, 1.82) is 0 Å². The molecule has 136 valence electrons. The monoisotopic (exact) mass is 374 g/mol. The van der Waals surface area contributed by atoms with Gasteiger partial charge in [-0.05, 0) is 0 Å². The SMILES string of the molecule is O=CN1CCN(OP(=O)(OCC(F)(F)F)OCC(F)(F)F)CC1. The summed E-state index contributed by atoms with van der Waals surface area (Å²) < 4.78 is 96.9. The molecule has 1 aliphatic heterocycles. The zero-order valence-corrected chi connectivity index (χ0v) is 12.4. The maximum absolute atomic E-state index is 12.1. The van der Waals surface area contributed by atoms with Gasteiger partial charge in [-0.25, -0.2) is 4.57 Å². The van der Waals surface area contributed by atoms with Gasteiger partial charge in [0.1, 0.15) is 0 Å². The zero-order valence-electron chi connectivity index (χ0n) is 11.5. The number of rotatable bonds is 7. The van der Waals surface area contributed by atoms with Crippen LogP contribution in [0.4, 0.5) is 26.3 Å². The van der Waals surface area contributed by atoms with Crippen LogP contribution in [0.1, 0.15) is 0 Å². The minimum atomic E-state index is -5.13. The molecule has 1 saturated heterocycles. The Bertz CT molecular complexity index is 415. The van der Waals surface area contributed by atoms with Crippen LogP contribution in [0.2, 0.25) is 0 Å². The van der Waals surface area contributed by atoms with E-state index in [4.69, 9.17) is 0 Å². The van der Waals surface area contributed by atoms with E-state index in [9.17, 15) is 35.7 Å². The van der Waals surface area contributed by atoms with Crippen LogP contribution in [0.25, 0.3) is 0 Å². The van der Waals surface area contributed by atoms with E-state index >= 15 is 0 Å². The van der Waals surface area contributed by atoms with Crippen molar-refractivity contribution in [2.45, 2.75) is 12.4 Å². The van der Waals surface area contributed by atoms with Gasteiger partial charge in [-0.2, -0.15) is 36.0 Å². The molecule has 7 nitrogen and oxygen atoms in total. The first kappa shape index (κ1) is 20.2. The Labute approximate surface area is 126 Å². The number of hydrogen-bond acceptors (Lipinski definition) is 6. The molecule has 23 heavy (non-hydrogen) atoms. The third kappa shape index (κ3) is 8.51. The second-order valence-corrected chi connectivity index (χ2v) is 5.95. The number of amides is 1. The highest BCUT2D eigenvalue weighted by molar-refractivity contribution is 7.48. The number of nitrogens with zero attached hydrogens (tertiary/aromatic N) is 2. The predicted octanol–water partition coefficient (Wildman–Crippen LogP) is 1.96. The largest absolute Gasteiger partial charge is 0.492 e. The number of carbonyl (C=O) groups excluding carboxylic acids is 1. The molecule has 0 bridgehead atoms. The van der Waals surface area contributed by atoms with Crippen LogP contribution < -0.4 is 0 Å². The number of phosphoric ester groups is 1. The van der Waals surface area contributed by atoms with Gasteiger partial charge in [0.15, 0.2) is 13.2 Å². The fourth-order valence-corrected chi connectivity index (χ4v) is 2.64. The van der Waals surface area contributed by atoms with Crippen molar-refractivity contribution in [2.24, 2.45) is 0 Å². The summed E-state index contributed by atoms with van der Waals surface area (Å²) in [6.07, 6.45) is -9.36. The van der Waals surface area contributed by atoms with Crippen LogP contribution in [0.5, 0.6) is 0 Å². The number of halogens is 6. The molecule has 0 N–H and O–H groups in total. The maximum atomic E-state index is 12.1. The number of hydroxylamine groups is 2. The van der Waals surface area contributed by atoms with Gasteiger partial charge in [0.2, 0.25) is 6.41 Å². The van der Waals surface area contributed by atoms with Crippen LogP contribution in [-0.4, -0.2) is 68.1 Å². The first-order valence-corrected chi connectivity index (χ1v) is 7.55. The molecule has 0 aromatic carbocycles. The van der Waals surface area contributed by atoms with Gasteiger partial charge in [0.05, 0.1) is 0 Å². The first-order chi connectivity index (χ1) is 10.4. The molecule has 1 fully saturated rings. The summed E-state index contributed by atoms with van der Waals surface area (Å²) in [6.45, 7) is -4.21. The Balaban J connectivity index is 2.66. The minimum absolute atomic E-state index is 0.0854. The summed E-state index contributed by atoms with van der Waals surface area (Å²) >= 11 is 0. The molecule has 1 rings (SSSR count). The first-order valence-electron chi connectivity index (χ1n) is 6.09. The van der Waals surface area contributed by atoms with E-state index in [1.54, 1.807) is 0 Å². The molecule has 0 aliphatic carbocycles. The highest BCUT2D eigenvalue weighted by Gasteiger charge is 2.41. The van der Waals surface area contributed by atoms with E-state index in [2.05, 4.69) is 13.7 Å². The summed E-state index contributed by atoms with van der Waals surface area (Å²) in [7, 11) is -5.13. The lowest BCUT2D eigenvalue weighted by atomic mass is 10.4. The van der Waals surface area contributed by atoms with Crippen molar-refractivity contribution in [2.75, 3.05) is 39.4 Å². The summed E-state index contributed by atoms with van der Waals surface area (Å²) in [5.74, 6) is 0. The highest BCUT2D eigenvalue weighted by Crippen LogP contribution is 2.52. The molecule has 14 heteroatoms. The normalized spacial score (nSPS) is 18.3. The average Bonchev–Trinajstić information content (AvgIpc) is 2.43. The van der Waals surface area contributed by atoms with Gasteiger partial charge in [-0.3, -0.25) is 13.8 Å². The number of piperazine rings is 1. The average molecular weight is 374 g/mol. The number of carbonyl (C=O) groups is 1. The van der Waals surface area contributed by atoms with Gasteiger partial charge in [0, 0.05) is 26.2 Å². The molecular weight excluding hydrogens is 361 g/mol. The summed E-state index contributed by atoms with van der Waals surface area (Å²) in [4.78, 5) is 11.8. The Morgan fingerprint density at radius 2 is 1.35 bits per heavy atom. The lowest BCUT2D eigenvalue weighted by Gasteiger charge is -2.33. The minimum Gasteiger partial charge on any atom is -0.343 e. The molecule has 0 aromatic rings. The second-order valence-electron chi connectivity index (χ2n) is 4.38. The van der Waals surface area contributed by atoms with Crippen LogP contribution in [-0.2, 0) is 23.0 Å².